The molecule has 0 aliphatic rings. The Morgan fingerprint density at radius 1 is 1.42 bits per heavy atom. The monoisotopic (exact) mass is 190 g/mol. The summed E-state index contributed by atoms with van der Waals surface area (Å²) in [5.74, 6) is -0.161. The molecule has 0 aromatic rings. The average Bonchev–Trinajstić information content (AvgIpc) is 1.99. The third-order valence-corrected chi connectivity index (χ3v) is 1.97. The normalized spacial score (nSPS) is 14.6. The molecular formula is C10H16ClF. The van der Waals surface area contributed by atoms with Crippen LogP contribution in [0.15, 0.2) is 22.5 Å². The molecule has 70 valence electrons. The Labute approximate surface area is 79.1 Å². The molecule has 0 aromatic carbocycles. The van der Waals surface area contributed by atoms with Crippen molar-refractivity contribution in [3.05, 3.63) is 22.5 Å². The van der Waals surface area contributed by atoms with Crippen molar-refractivity contribution in [2.75, 3.05) is 0 Å². The first-order valence-electron chi connectivity index (χ1n) is 4.34. The van der Waals surface area contributed by atoms with Gasteiger partial charge in [-0.2, -0.15) is 0 Å². The lowest BCUT2D eigenvalue weighted by Crippen LogP contribution is -1.86. The number of hydrogen-bond acceptors (Lipinski definition) is 0. The van der Waals surface area contributed by atoms with Gasteiger partial charge >= 0.3 is 0 Å². The molecule has 2 heteroatoms. The van der Waals surface area contributed by atoms with Crippen LogP contribution in [0.1, 0.15) is 40.0 Å². The molecule has 0 saturated heterocycles. The van der Waals surface area contributed by atoms with Gasteiger partial charge < -0.3 is 0 Å². The van der Waals surface area contributed by atoms with E-state index in [1.807, 2.05) is 19.9 Å². The van der Waals surface area contributed by atoms with E-state index in [2.05, 4.69) is 0 Å². The zero-order valence-corrected chi connectivity index (χ0v) is 8.71. The fourth-order valence-corrected chi connectivity index (χ4v) is 1.39. The summed E-state index contributed by atoms with van der Waals surface area (Å²) < 4.78 is 12.9. The zero-order valence-electron chi connectivity index (χ0n) is 7.95. The molecule has 0 atom stereocenters. The predicted molar refractivity (Wildman–Crippen MR) is 52.9 cm³/mol. The number of halogens is 2. The molecule has 0 heterocycles. The lowest BCUT2D eigenvalue weighted by atomic mass is 10.1. The summed E-state index contributed by atoms with van der Waals surface area (Å²) >= 11 is 5.88. The maximum Gasteiger partial charge on any atom is 0.101 e. The molecular weight excluding hydrogens is 175 g/mol. The Kier molecular flexibility index (Phi) is 6.09. The van der Waals surface area contributed by atoms with E-state index in [0.717, 1.165) is 19.3 Å². The van der Waals surface area contributed by atoms with Crippen molar-refractivity contribution in [3.63, 3.8) is 0 Å². The summed E-state index contributed by atoms with van der Waals surface area (Å²) in [5.41, 5.74) is 0.654. The second kappa shape index (κ2) is 6.24. The first-order chi connectivity index (χ1) is 5.63. The van der Waals surface area contributed by atoms with Gasteiger partial charge in [0.05, 0.1) is 0 Å². The summed E-state index contributed by atoms with van der Waals surface area (Å²) in [7, 11) is 0. The molecule has 0 radical (unpaired) electrons. The Hall–Kier alpha value is -0.300. The molecule has 0 nitrogen and oxygen atoms in total. The number of hydrogen-bond donors (Lipinski definition) is 0. The van der Waals surface area contributed by atoms with Crippen LogP contribution in [0.25, 0.3) is 0 Å². The van der Waals surface area contributed by atoms with E-state index in [-0.39, 0.29) is 5.83 Å². The van der Waals surface area contributed by atoms with Gasteiger partial charge in [-0.15, -0.1) is 0 Å². The second-order valence-corrected chi connectivity index (χ2v) is 3.13. The van der Waals surface area contributed by atoms with Gasteiger partial charge in [-0.1, -0.05) is 37.9 Å². The molecule has 0 bridgehead atoms. The predicted octanol–water partition coefficient (Wildman–Crippen LogP) is 4.56. The lowest BCUT2D eigenvalue weighted by Gasteiger charge is -2.04. The van der Waals surface area contributed by atoms with Crippen molar-refractivity contribution in [2.24, 2.45) is 0 Å². The van der Waals surface area contributed by atoms with E-state index in [4.69, 9.17) is 11.6 Å². The highest BCUT2D eigenvalue weighted by molar-refractivity contribution is 6.32. The van der Waals surface area contributed by atoms with Crippen LogP contribution < -0.4 is 0 Å². The van der Waals surface area contributed by atoms with E-state index in [1.54, 1.807) is 0 Å². The molecule has 12 heavy (non-hydrogen) atoms. The smallest absolute Gasteiger partial charge is 0.101 e. The average molecular weight is 191 g/mol. The van der Waals surface area contributed by atoms with Gasteiger partial charge in [0.1, 0.15) is 5.83 Å². The molecule has 0 N–H and O–H groups in total. The van der Waals surface area contributed by atoms with Gasteiger partial charge in [0.2, 0.25) is 0 Å². The Morgan fingerprint density at radius 2 is 2.00 bits per heavy atom. The second-order valence-electron chi connectivity index (χ2n) is 2.72. The molecule has 0 unspecified atom stereocenters. The fourth-order valence-electron chi connectivity index (χ4n) is 1.01. The van der Waals surface area contributed by atoms with Crippen molar-refractivity contribution in [3.8, 4) is 0 Å². The van der Waals surface area contributed by atoms with Crippen molar-refractivity contribution in [2.45, 2.75) is 40.0 Å². The van der Waals surface area contributed by atoms with Gasteiger partial charge in [-0.05, 0) is 19.8 Å². The molecule has 0 aromatic heterocycles. The van der Waals surface area contributed by atoms with Crippen LogP contribution in [0, 0.1) is 0 Å². The van der Waals surface area contributed by atoms with Crippen LogP contribution in [-0.2, 0) is 0 Å². The summed E-state index contributed by atoms with van der Waals surface area (Å²) in [6.45, 7) is 5.45. The molecule has 0 fully saturated rings. The van der Waals surface area contributed by atoms with Crippen molar-refractivity contribution in [1.82, 2.24) is 0 Å². The standard InChI is InChI=1S/C10H16ClF/c1-4-6-9(8(3)12)10(11)7-5-2/h7H,4-6H2,1-3H3. The van der Waals surface area contributed by atoms with E-state index in [1.165, 1.54) is 6.92 Å². The molecule has 0 aliphatic heterocycles. The minimum absolute atomic E-state index is 0.161. The highest BCUT2D eigenvalue weighted by Gasteiger charge is 2.04. The van der Waals surface area contributed by atoms with E-state index >= 15 is 0 Å². The van der Waals surface area contributed by atoms with Gasteiger partial charge in [0.25, 0.3) is 0 Å². The molecule has 0 aliphatic carbocycles. The van der Waals surface area contributed by atoms with Crippen molar-refractivity contribution >= 4 is 11.6 Å². The van der Waals surface area contributed by atoms with Crippen molar-refractivity contribution < 1.29 is 4.39 Å². The summed E-state index contributed by atoms with van der Waals surface area (Å²) in [6, 6.07) is 0. The Bertz CT molecular complexity index is 188. The minimum Gasteiger partial charge on any atom is -0.212 e. The maximum absolute atomic E-state index is 12.9. The van der Waals surface area contributed by atoms with Gasteiger partial charge in [-0.25, -0.2) is 4.39 Å². The molecule has 0 spiro atoms. The number of allylic oxidation sites excluding steroid dienone is 4. The highest BCUT2D eigenvalue weighted by atomic mass is 35.5. The first-order valence-corrected chi connectivity index (χ1v) is 4.72. The van der Waals surface area contributed by atoms with Crippen LogP contribution in [0.4, 0.5) is 4.39 Å². The molecule has 0 amide bonds. The largest absolute Gasteiger partial charge is 0.212 e. The summed E-state index contributed by atoms with van der Waals surface area (Å²) in [4.78, 5) is 0. The topological polar surface area (TPSA) is 0 Å². The Balaban J connectivity index is 4.53. The Morgan fingerprint density at radius 3 is 2.33 bits per heavy atom. The van der Waals surface area contributed by atoms with Crippen LogP contribution in [0.2, 0.25) is 0 Å². The van der Waals surface area contributed by atoms with E-state index in [0.29, 0.717) is 10.6 Å². The summed E-state index contributed by atoms with van der Waals surface area (Å²) in [5, 5.41) is 0.569. The van der Waals surface area contributed by atoms with Crippen LogP contribution in [0.3, 0.4) is 0 Å². The third kappa shape index (κ3) is 3.91. The molecule has 0 rings (SSSR count). The SMILES string of the molecule is CCC=C(Cl)C(CCC)=C(C)F. The number of rotatable bonds is 4. The first kappa shape index (κ1) is 11.7. The highest BCUT2D eigenvalue weighted by Crippen LogP contribution is 2.24. The van der Waals surface area contributed by atoms with Crippen LogP contribution >= 0.6 is 11.6 Å². The van der Waals surface area contributed by atoms with Crippen LogP contribution in [0.5, 0.6) is 0 Å². The van der Waals surface area contributed by atoms with Crippen molar-refractivity contribution in [1.29, 1.82) is 0 Å². The van der Waals surface area contributed by atoms with E-state index in [9.17, 15) is 4.39 Å². The van der Waals surface area contributed by atoms with Gasteiger partial charge in [0.15, 0.2) is 0 Å². The quantitative estimate of drug-likeness (QED) is 0.570. The minimum atomic E-state index is -0.161. The third-order valence-electron chi connectivity index (χ3n) is 1.59. The van der Waals surface area contributed by atoms with E-state index < -0.39 is 0 Å². The van der Waals surface area contributed by atoms with Gasteiger partial charge in [0, 0.05) is 10.6 Å². The zero-order chi connectivity index (χ0) is 9.56. The molecule has 0 saturated carbocycles. The fraction of sp³-hybridized carbons (Fsp3) is 0.600. The summed E-state index contributed by atoms with van der Waals surface area (Å²) in [6.07, 6.45) is 4.33. The van der Waals surface area contributed by atoms with Crippen LogP contribution in [-0.4, -0.2) is 0 Å². The van der Waals surface area contributed by atoms with Gasteiger partial charge in [-0.3, -0.25) is 0 Å². The maximum atomic E-state index is 12.9. The lowest BCUT2D eigenvalue weighted by molar-refractivity contribution is 0.621.